The van der Waals surface area contributed by atoms with Gasteiger partial charge in [0.25, 0.3) is 5.79 Å². The van der Waals surface area contributed by atoms with Crippen molar-refractivity contribution < 1.29 is 37.0 Å². The molecular weight excluding hydrogens is 445 g/mol. The number of cyclic esters (lactones) is 2. The molecule has 33 heavy (non-hydrogen) atoms. The standard InChI is InChI=1S/C21H17F3N4O5/c1-20(2)32-18(29)15(19(30)33-20)10-25-12-7-13(9-14(8-12)31-11-21(22,23)24)28-26-16-5-3-4-6-17(16)27-28/h3-10,25H,11H2,1-2H3. The third kappa shape index (κ3) is 5.22. The Labute approximate surface area is 184 Å². The molecule has 4 rings (SSSR count). The van der Waals surface area contributed by atoms with Crippen molar-refractivity contribution in [2.75, 3.05) is 11.9 Å². The maximum absolute atomic E-state index is 12.7. The molecule has 1 aliphatic rings. The van der Waals surface area contributed by atoms with Gasteiger partial charge in [-0.15, -0.1) is 10.2 Å². The van der Waals surface area contributed by atoms with Gasteiger partial charge in [0.2, 0.25) is 0 Å². The van der Waals surface area contributed by atoms with Gasteiger partial charge in [-0.05, 0) is 18.2 Å². The van der Waals surface area contributed by atoms with Crippen molar-refractivity contribution in [3.8, 4) is 11.4 Å². The van der Waals surface area contributed by atoms with E-state index in [0.717, 1.165) is 6.20 Å². The van der Waals surface area contributed by atoms with Gasteiger partial charge in [-0.3, -0.25) is 0 Å². The number of fused-ring (bicyclic) bond motifs is 1. The first-order chi connectivity index (χ1) is 15.5. The predicted octanol–water partition coefficient (Wildman–Crippen LogP) is 3.49. The molecule has 2 aromatic carbocycles. The van der Waals surface area contributed by atoms with Crippen LogP contribution in [-0.2, 0) is 19.1 Å². The highest BCUT2D eigenvalue weighted by Gasteiger charge is 2.39. The van der Waals surface area contributed by atoms with Crippen molar-refractivity contribution >= 4 is 28.7 Å². The number of ether oxygens (including phenoxy) is 3. The van der Waals surface area contributed by atoms with Gasteiger partial charge in [-0.2, -0.15) is 18.0 Å². The van der Waals surface area contributed by atoms with Gasteiger partial charge < -0.3 is 19.5 Å². The molecule has 0 atom stereocenters. The molecule has 9 nitrogen and oxygen atoms in total. The number of anilines is 1. The van der Waals surface area contributed by atoms with Crippen LogP contribution in [0.25, 0.3) is 16.7 Å². The second-order valence-electron chi connectivity index (χ2n) is 7.48. The summed E-state index contributed by atoms with van der Waals surface area (Å²) in [5.74, 6) is -3.36. The maximum atomic E-state index is 12.7. The fourth-order valence-electron chi connectivity index (χ4n) is 2.94. The molecular formula is C21H17F3N4O5. The van der Waals surface area contributed by atoms with E-state index in [1.54, 1.807) is 24.3 Å². The van der Waals surface area contributed by atoms with Gasteiger partial charge in [0.1, 0.15) is 16.8 Å². The molecule has 12 heteroatoms. The predicted molar refractivity (Wildman–Crippen MR) is 108 cm³/mol. The van der Waals surface area contributed by atoms with Crippen LogP contribution in [0.5, 0.6) is 5.75 Å². The zero-order chi connectivity index (χ0) is 23.8. The minimum Gasteiger partial charge on any atom is -0.484 e. The fraction of sp³-hybridized carbons (Fsp3) is 0.238. The quantitative estimate of drug-likeness (QED) is 0.349. The van der Waals surface area contributed by atoms with Crippen LogP contribution in [0.3, 0.4) is 0 Å². The molecule has 3 aromatic rings. The van der Waals surface area contributed by atoms with Crippen molar-refractivity contribution in [2.45, 2.75) is 25.8 Å². The zero-order valence-electron chi connectivity index (χ0n) is 17.3. The minimum absolute atomic E-state index is 0.137. The first kappa shape index (κ1) is 22.1. The van der Waals surface area contributed by atoms with E-state index in [9.17, 15) is 22.8 Å². The van der Waals surface area contributed by atoms with Crippen molar-refractivity contribution in [3.63, 3.8) is 0 Å². The van der Waals surface area contributed by atoms with Crippen molar-refractivity contribution in [2.24, 2.45) is 0 Å². The molecule has 172 valence electrons. The number of hydrogen-bond acceptors (Lipinski definition) is 8. The van der Waals surface area contributed by atoms with E-state index in [2.05, 4.69) is 15.5 Å². The normalized spacial score (nSPS) is 15.7. The van der Waals surface area contributed by atoms with E-state index < -0.39 is 36.1 Å². The largest absolute Gasteiger partial charge is 0.484 e. The number of nitrogens with zero attached hydrogens (tertiary/aromatic N) is 3. The highest BCUT2D eigenvalue weighted by Crippen LogP contribution is 2.27. The van der Waals surface area contributed by atoms with Crippen LogP contribution in [-0.4, -0.2) is 45.5 Å². The van der Waals surface area contributed by atoms with E-state index in [4.69, 9.17) is 14.2 Å². The average Bonchev–Trinajstić information content (AvgIpc) is 3.14. The summed E-state index contributed by atoms with van der Waals surface area (Å²) in [6.07, 6.45) is -3.51. The molecule has 1 saturated heterocycles. The Morgan fingerprint density at radius 2 is 1.67 bits per heavy atom. The van der Waals surface area contributed by atoms with Gasteiger partial charge in [-0.25, -0.2) is 9.59 Å². The van der Waals surface area contributed by atoms with Gasteiger partial charge in [0.05, 0.1) is 5.69 Å². The summed E-state index contributed by atoms with van der Waals surface area (Å²) in [4.78, 5) is 25.4. The van der Waals surface area contributed by atoms with Crippen LogP contribution in [0, 0.1) is 0 Å². The number of benzene rings is 2. The topological polar surface area (TPSA) is 105 Å². The lowest BCUT2D eigenvalue weighted by atomic mass is 10.2. The van der Waals surface area contributed by atoms with Crippen LogP contribution in [0.2, 0.25) is 0 Å². The molecule has 1 fully saturated rings. The molecule has 0 unspecified atom stereocenters. The Morgan fingerprint density at radius 3 is 2.24 bits per heavy atom. The lowest BCUT2D eigenvalue weighted by molar-refractivity contribution is -0.222. The Kier molecular flexibility index (Phi) is 5.44. The highest BCUT2D eigenvalue weighted by molar-refractivity contribution is 6.15. The second-order valence-corrected chi connectivity index (χ2v) is 7.48. The molecule has 1 aliphatic heterocycles. The van der Waals surface area contributed by atoms with Gasteiger partial charge >= 0.3 is 18.1 Å². The molecule has 2 heterocycles. The fourth-order valence-corrected chi connectivity index (χ4v) is 2.94. The third-order valence-electron chi connectivity index (χ3n) is 4.31. The Balaban J connectivity index is 1.67. The van der Waals surface area contributed by atoms with Crippen LogP contribution in [0.15, 0.2) is 54.2 Å². The summed E-state index contributed by atoms with van der Waals surface area (Å²) in [6, 6.07) is 11.1. The number of carbonyl (C=O) groups is 2. The van der Waals surface area contributed by atoms with Gasteiger partial charge in [-0.1, -0.05) is 12.1 Å². The number of aromatic nitrogens is 3. The molecule has 0 saturated carbocycles. The van der Waals surface area contributed by atoms with E-state index in [-0.39, 0.29) is 17.1 Å². The summed E-state index contributed by atoms with van der Waals surface area (Å²) >= 11 is 0. The number of halogens is 3. The van der Waals surface area contributed by atoms with Crippen LogP contribution in [0.4, 0.5) is 18.9 Å². The molecule has 0 spiro atoms. The van der Waals surface area contributed by atoms with Crippen LogP contribution in [0.1, 0.15) is 13.8 Å². The average molecular weight is 462 g/mol. The number of alkyl halides is 3. The highest BCUT2D eigenvalue weighted by atomic mass is 19.4. The van der Waals surface area contributed by atoms with Crippen molar-refractivity contribution in [3.05, 3.63) is 54.2 Å². The summed E-state index contributed by atoms with van der Waals surface area (Å²) in [6.45, 7) is 1.29. The second kappa shape index (κ2) is 8.11. The number of esters is 2. The summed E-state index contributed by atoms with van der Waals surface area (Å²) in [5, 5.41) is 11.3. The Bertz CT molecular complexity index is 1210. The van der Waals surface area contributed by atoms with E-state index >= 15 is 0 Å². The van der Waals surface area contributed by atoms with Crippen molar-refractivity contribution in [1.29, 1.82) is 0 Å². The van der Waals surface area contributed by atoms with E-state index in [0.29, 0.717) is 11.0 Å². The molecule has 0 aliphatic carbocycles. The zero-order valence-corrected chi connectivity index (χ0v) is 17.3. The lowest BCUT2D eigenvalue weighted by Crippen LogP contribution is -2.42. The first-order valence-corrected chi connectivity index (χ1v) is 9.60. The molecule has 1 N–H and O–H groups in total. The summed E-state index contributed by atoms with van der Waals surface area (Å²) in [5.41, 5.74) is 1.21. The van der Waals surface area contributed by atoms with Gasteiger partial charge in [0, 0.05) is 37.9 Å². The Morgan fingerprint density at radius 1 is 1.06 bits per heavy atom. The summed E-state index contributed by atoms with van der Waals surface area (Å²) in [7, 11) is 0. The number of nitrogens with one attached hydrogen (secondary N) is 1. The molecule has 0 radical (unpaired) electrons. The monoisotopic (exact) mass is 462 g/mol. The molecule has 0 amide bonds. The van der Waals surface area contributed by atoms with Gasteiger partial charge in [0.15, 0.2) is 12.2 Å². The van der Waals surface area contributed by atoms with Crippen molar-refractivity contribution in [1.82, 2.24) is 15.0 Å². The SMILES string of the molecule is CC1(C)OC(=O)C(=CNc2cc(OCC(F)(F)F)cc(-n3nc4ccccc4n3)c2)C(=O)O1. The number of hydrogen-bond donors (Lipinski definition) is 1. The number of rotatable bonds is 5. The first-order valence-electron chi connectivity index (χ1n) is 9.60. The molecule has 0 bridgehead atoms. The lowest BCUT2D eigenvalue weighted by Gasteiger charge is -2.29. The van der Waals surface area contributed by atoms with E-state index in [1.165, 1.54) is 36.8 Å². The number of carbonyl (C=O) groups excluding carboxylic acids is 2. The van der Waals surface area contributed by atoms with E-state index in [1.807, 2.05) is 0 Å². The maximum Gasteiger partial charge on any atom is 0.422 e. The molecule has 1 aromatic heterocycles. The smallest absolute Gasteiger partial charge is 0.422 e. The van der Waals surface area contributed by atoms with Crippen LogP contribution < -0.4 is 10.1 Å². The minimum atomic E-state index is -4.55. The summed E-state index contributed by atoms with van der Waals surface area (Å²) < 4.78 is 52.9. The van der Waals surface area contributed by atoms with Crippen LogP contribution >= 0.6 is 0 Å². The third-order valence-corrected chi connectivity index (χ3v) is 4.31. The Hall–Kier alpha value is -4.09.